The molecule has 6 heteroatoms. The molecule has 23 heavy (non-hydrogen) atoms. The minimum Gasteiger partial charge on any atom is -0.494 e. The van der Waals surface area contributed by atoms with Crippen LogP contribution in [0.1, 0.15) is 32.3 Å². The number of ether oxygens (including phenoxy) is 1. The van der Waals surface area contributed by atoms with E-state index in [4.69, 9.17) is 4.74 Å². The summed E-state index contributed by atoms with van der Waals surface area (Å²) in [4.78, 5) is 4.13. The zero-order valence-electron chi connectivity index (χ0n) is 13.8. The summed E-state index contributed by atoms with van der Waals surface area (Å²) in [5, 5.41) is 0. The zero-order valence-corrected chi connectivity index (χ0v) is 13.8. The first-order chi connectivity index (χ1) is 11.0. The van der Waals surface area contributed by atoms with Gasteiger partial charge in [-0.1, -0.05) is 13.8 Å². The van der Waals surface area contributed by atoms with Crippen LogP contribution >= 0.6 is 0 Å². The fourth-order valence-corrected chi connectivity index (χ4v) is 2.86. The molecule has 1 aromatic carbocycles. The number of anilines is 1. The molecule has 1 aliphatic heterocycles. The monoisotopic (exact) mass is 330 g/mol. The van der Waals surface area contributed by atoms with Crippen LogP contribution < -0.4 is 9.64 Å². The lowest BCUT2D eigenvalue weighted by Gasteiger charge is -2.37. The quantitative estimate of drug-likeness (QED) is 0.783. The van der Waals surface area contributed by atoms with Crippen LogP contribution in [-0.2, 0) is 6.18 Å². The van der Waals surface area contributed by atoms with Crippen LogP contribution in [0.25, 0.3) is 0 Å². The van der Waals surface area contributed by atoms with Gasteiger partial charge in [0.1, 0.15) is 5.75 Å². The summed E-state index contributed by atoms with van der Waals surface area (Å²) < 4.78 is 45.6. The van der Waals surface area contributed by atoms with Crippen molar-refractivity contribution in [2.75, 3.05) is 44.2 Å². The summed E-state index contributed by atoms with van der Waals surface area (Å²) in [6.07, 6.45) is -2.54. The molecule has 0 N–H and O–H groups in total. The molecular formula is C17H25F3N2O. The number of piperazine rings is 1. The lowest BCUT2D eigenvalue weighted by Crippen LogP contribution is -2.47. The van der Waals surface area contributed by atoms with Crippen molar-refractivity contribution >= 4 is 5.69 Å². The lowest BCUT2D eigenvalue weighted by atomic mass is 10.1. The predicted octanol–water partition coefficient (Wildman–Crippen LogP) is 4.03. The van der Waals surface area contributed by atoms with E-state index in [-0.39, 0.29) is 11.4 Å². The number of benzene rings is 1. The van der Waals surface area contributed by atoms with Crippen LogP contribution in [0.2, 0.25) is 0 Å². The molecule has 130 valence electrons. The minimum atomic E-state index is -4.37. The number of alkyl halides is 3. The van der Waals surface area contributed by atoms with E-state index < -0.39 is 11.7 Å². The summed E-state index contributed by atoms with van der Waals surface area (Å²) >= 11 is 0. The van der Waals surface area contributed by atoms with Gasteiger partial charge < -0.3 is 9.64 Å². The van der Waals surface area contributed by atoms with E-state index in [1.165, 1.54) is 0 Å². The van der Waals surface area contributed by atoms with Crippen molar-refractivity contribution in [1.29, 1.82) is 0 Å². The van der Waals surface area contributed by atoms with Gasteiger partial charge in [-0.2, -0.15) is 13.2 Å². The van der Waals surface area contributed by atoms with E-state index in [2.05, 4.69) is 11.8 Å². The molecule has 0 unspecified atom stereocenters. The van der Waals surface area contributed by atoms with Gasteiger partial charge in [0.2, 0.25) is 0 Å². The van der Waals surface area contributed by atoms with E-state index >= 15 is 0 Å². The van der Waals surface area contributed by atoms with Crippen LogP contribution in [0.15, 0.2) is 18.2 Å². The highest BCUT2D eigenvalue weighted by molar-refractivity contribution is 5.58. The van der Waals surface area contributed by atoms with Gasteiger partial charge in [0.25, 0.3) is 0 Å². The number of halogens is 3. The Balaban J connectivity index is 2.17. The highest BCUT2D eigenvalue weighted by Crippen LogP contribution is 2.39. The second kappa shape index (κ2) is 7.90. The average molecular weight is 330 g/mol. The Labute approximate surface area is 136 Å². The van der Waals surface area contributed by atoms with Crippen molar-refractivity contribution in [2.45, 2.75) is 32.9 Å². The van der Waals surface area contributed by atoms with E-state index in [1.54, 1.807) is 12.1 Å². The summed E-state index contributed by atoms with van der Waals surface area (Å²) in [5.41, 5.74) is -0.340. The molecule has 1 saturated heterocycles. The summed E-state index contributed by atoms with van der Waals surface area (Å²) in [6.45, 7) is 8.32. The van der Waals surface area contributed by atoms with E-state index in [1.807, 2.05) is 11.8 Å². The highest BCUT2D eigenvalue weighted by atomic mass is 19.4. The molecule has 0 spiro atoms. The van der Waals surface area contributed by atoms with Crippen molar-refractivity contribution in [2.24, 2.45) is 0 Å². The number of hydrogen-bond acceptors (Lipinski definition) is 3. The van der Waals surface area contributed by atoms with Gasteiger partial charge in [-0.05, 0) is 37.6 Å². The highest BCUT2D eigenvalue weighted by Gasteiger charge is 2.36. The second-order valence-corrected chi connectivity index (χ2v) is 5.85. The SMILES string of the molecule is CCCOc1ccc(N2CCN(CCC)CC2)c(C(F)(F)F)c1. The van der Waals surface area contributed by atoms with Crippen molar-refractivity contribution in [3.05, 3.63) is 23.8 Å². The Morgan fingerprint density at radius 1 is 1.04 bits per heavy atom. The van der Waals surface area contributed by atoms with E-state index in [0.29, 0.717) is 19.7 Å². The Morgan fingerprint density at radius 2 is 1.74 bits per heavy atom. The molecule has 1 aromatic rings. The van der Waals surface area contributed by atoms with Crippen LogP contribution in [0.3, 0.4) is 0 Å². The maximum Gasteiger partial charge on any atom is 0.418 e. The molecule has 1 heterocycles. The molecule has 2 rings (SSSR count). The smallest absolute Gasteiger partial charge is 0.418 e. The molecule has 0 atom stereocenters. The molecule has 0 saturated carbocycles. The Morgan fingerprint density at radius 3 is 2.30 bits per heavy atom. The fourth-order valence-electron chi connectivity index (χ4n) is 2.86. The largest absolute Gasteiger partial charge is 0.494 e. The van der Waals surface area contributed by atoms with Gasteiger partial charge in [0, 0.05) is 31.9 Å². The maximum absolute atomic E-state index is 13.4. The van der Waals surface area contributed by atoms with E-state index in [0.717, 1.165) is 38.5 Å². The predicted molar refractivity (Wildman–Crippen MR) is 86.2 cm³/mol. The Bertz CT molecular complexity index is 497. The summed E-state index contributed by atoms with van der Waals surface area (Å²) in [6, 6.07) is 4.31. The third-order valence-electron chi connectivity index (χ3n) is 4.00. The Hall–Kier alpha value is -1.43. The molecule has 0 radical (unpaired) electrons. The third kappa shape index (κ3) is 4.77. The number of nitrogens with zero attached hydrogens (tertiary/aromatic N) is 2. The first-order valence-electron chi connectivity index (χ1n) is 8.27. The number of hydrogen-bond donors (Lipinski definition) is 0. The topological polar surface area (TPSA) is 15.7 Å². The molecular weight excluding hydrogens is 305 g/mol. The van der Waals surface area contributed by atoms with Crippen LogP contribution in [0.4, 0.5) is 18.9 Å². The van der Waals surface area contributed by atoms with Gasteiger partial charge >= 0.3 is 6.18 Å². The molecule has 0 bridgehead atoms. The molecule has 3 nitrogen and oxygen atoms in total. The zero-order chi connectivity index (χ0) is 16.9. The van der Waals surface area contributed by atoms with Crippen LogP contribution in [-0.4, -0.2) is 44.2 Å². The van der Waals surface area contributed by atoms with Gasteiger partial charge in [0.05, 0.1) is 12.2 Å². The minimum absolute atomic E-state index is 0.262. The van der Waals surface area contributed by atoms with Crippen molar-refractivity contribution in [1.82, 2.24) is 4.90 Å². The first kappa shape index (κ1) is 17.9. The molecule has 0 aliphatic carbocycles. The van der Waals surface area contributed by atoms with Crippen LogP contribution in [0, 0.1) is 0 Å². The van der Waals surface area contributed by atoms with Gasteiger partial charge in [-0.25, -0.2) is 0 Å². The fraction of sp³-hybridized carbons (Fsp3) is 0.647. The normalized spacial score (nSPS) is 16.7. The third-order valence-corrected chi connectivity index (χ3v) is 4.00. The molecule has 1 aliphatic rings. The molecule has 0 aromatic heterocycles. The summed E-state index contributed by atoms with van der Waals surface area (Å²) in [7, 11) is 0. The standard InChI is InChI=1S/C17H25F3N2O/c1-3-7-21-8-10-22(11-9-21)16-6-5-14(23-12-4-2)13-15(16)17(18,19)20/h5-6,13H,3-4,7-12H2,1-2H3. The second-order valence-electron chi connectivity index (χ2n) is 5.85. The molecule has 1 fully saturated rings. The maximum atomic E-state index is 13.4. The van der Waals surface area contributed by atoms with Crippen LogP contribution in [0.5, 0.6) is 5.75 Å². The van der Waals surface area contributed by atoms with Crippen molar-refractivity contribution < 1.29 is 17.9 Å². The average Bonchev–Trinajstić information content (AvgIpc) is 2.53. The Kier molecular flexibility index (Phi) is 6.16. The van der Waals surface area contributed by atoms with Crippen molar-refractivity contribution in [3.63, 3.8) is 0 Å². The van der Waals surface area contributed by atoms with Gasteiger partial charge in [0.15, 0.2) is 0 Å². The van der Waals surface area contributed by atoms with Gasteiger partial charge in [-0.3, -0.25) is 4.90 Å². The number of rotatable bonds is 6. The summed E-state index contributed by atoms with van der Waals surface area (Å²) in [5.74, 6) is 0.285. The lowest BCUT2D eigenvalue weighted by molar-refractivity contribution is -0.137. The van der Waals surface area contributed by atoms with Crippen molar-refractivity contribution in [3.8, 4) is 5.75 Å². The first-order valence-corrected chi connectivity index (χ1v) is 8.27. The van der Waals surface area contributed by atoms with E-state index in [9.17, 15) is 13.2 Å². The van der Waals surface area contributed by atoms with Gasteiger partial charge in [-0.15, -0.1) is 0 Å². The molecule has 0 amide bonds.